The van der Waals surface area contributed by atoms with Gasteiger partial charge in [-0.15, -0.1) is 13.2 Å². The minimum absolute atomic E-state index is 0.132. The molecule has 80 valence electrons. The average Bonchev–Trinajstić information content (AvgIpc) is 2.08. The Bertz CT molecular complexity index is 213. The molecule has 0 heterocycles. The topological polar surface area (TPSA) is 20.3 Å². The highest BCUT2D eigenvalue weighted by Gasteiger charge is 2.24. The van der Waals surface area contributed by atoms with Crippen LogP contribution in [0.25, 0.3) is 0 Å². The van der Waals surface area contributed by atoms with Gasteiger partial charge in [-0.2, -0.15) is 0 Å². The summed E-state index contributed by atoms with van der Waals surface area (Å²) in [6, 6.07) is 0. The summed E-state index contributed by atoms with van der Waals surface area (Å²) in [5.74, 6) is 0.164. The maximum Gasteiger partial charge on any atom is 0.223 e. The maximum absolute atomic E-state index is 11.8. The molecular weight excluding hydrogens is 174 g/mol. The fourth-order valence-electron chi connectivity index (χ4n) is 1.24. The van der Waals surface area contributed by atoms with Gasteiger partial charge in [-0.3, -0.25) is 4.79 Å². The first-order valence-corrected chi connectivity index (χ1v) is 4.95. The Kier molecular flexibility index (Phi) is 5.21. The zero-order chi connectivity index (χ0) is 11.2. The van der Waals surface area contributed by atoms with Gasteiger partial charge in [0.05, 0.1) is 0 Å². The van der Waals surface area contributed by atoms with Crippen molar-refractivity contribution in [2.75, 3.05) is 6.54 Å². The molecule has 0 radical (unpaired) electrons. The Balaban J connectivity index is 4.40. The summed E-state index contributed by atoms with van der Waals surface area (Å²) in [4.78, 5) is 13.6. The molecule has 0 aromatic heterocycles. The number of allylic oxidation sites excluding steroid dienone is 1. The first-order valence-electron chi connectivity index (χ1n) is 4.95. The Morgan fingerprint density at radius 2 is 1.86 bits per heavy atom. The van der Waals surface area contributed by atoms with Crippen LogP contribution in [0.15, 0.2) is 25.3 Å². The van der Waals surface area contributed by atoms with Gasteiger partial charge in [0, 0.05) is 18.5 Å². The normalized spacial score (nSPS) is 10.8. The summed E-state index contributed by atoms with van der Waals surface area (Å²) in [5.41, 5.74) is -0.132. The van der Waals surface area contributed by atoms with Gasteiger partial charge in [-0.05, 0) is 27.2 Å². The lowest BCUT2D eigenvalue weighted by atomic mass is 10.0. The van der Waals surface area contributed by atoms with Crippen molar-refractivity contribution in [1.29, 1.82) is 0 Å². The van der Waals surface area contributed by atoms with Crippen molar-refractivity contribution in [2.24, 2.45) is 0 Å². The predicted molar refractivity (Wildman–Crippen MR) is 61.1 cm³/mol. The lowest BCUT2D eigenvalue weighted by Crippen LogP contribution is -2.45. The monoisotopic (exact) mass is 195 g/mol. The van der Waals surface area contributed by atoms with Gasteiger partial charge in [0.2, 0.25) is 5.91 Å². The van der Waals surface area contributed by atoms with Crippen LogP contribution in [0.3, 0.4) is 0 Å². The van der Waals surface area contributed by atoms with Crippen LogP contribution in [-0.4, -0.2) is 22.9 Å². The van der Waals surface area contributed by atoms with Crippen molar-refractivity contribution >= 4 is 5.91 Å². The van der Waals surface area contributed by atoms with Gasteiger partial charge >= 0.3 is 0 Å². The third-order valence-corrected chi connectivity index (χ3v) is 1.98. The number of hydrogen-bond acceptors (Lipinski definition) is 1. The van der Waals surface area contributed by atoms with E-state index in [0.717, 1.165) is 6.42 Å². The molecular formula is C12H21NO. The van der Waals surface area contributed by atoms with Crippen molar-refractivity contribution < 1.29 is 4.79 Å². The van der Waals surface area contributed by atoms with E-state index in [1.807, 2.05) is 25.7 Å². The van der Waals surface area contributed by atoms with E-state index in [2.05, 4.69) is 13.2 Å². The fraction of sp³-hybridized carbons (Fsp3) is 0.583. The first kappa shape index (κ1) is 12.9. The van der Waals surface area contributed by atoms with Crippen LogP contribution in [0.4, 0.5) is 0 Å². The number of rotatable bonds is 5. The summed E-state index contributed by atoms with van der Waals surface area (Å²) < 4.78 is 0. The van der Waals surface area contributed by atoms with Crippen LogP contribution < -0.4 is 0 Å². The number of nitrogens with zero attached hydrogens (tertiary/aromatic N) is 1. The van der Waals surface area contributed by atoms with Gasteiger partial charge in [0.1, 0.15) is 0 Å². The van der Waals surface area contributed by atoms with E-state index in [-0.39, 0.29) is 11.4 Å². The minimum atomic E-state index is -0.132. The summed E-state index contributed by atoms with van der Waals surface area (Å²) in [6.07, 6.45) is 4.81. The lowest BCUT2D eigenvalue weighted by molar-refractivity contribution is -0.135. The van der Waals surface area contributed by atoms with Crippen molar-refractivity contribution in [3.63, 3.8) is 0 Å². The average molecular weight is 195 g/mol. The molecule has 0 aliphatic rings. The van der Waals surface area contributed by atoms with Crippen LogP contribution in [0, 0.1) is 0 Å². The second-order valence-electron chi connectivity index (χ2n) is 4.29. The molecule has 14 heavy (non-hydrogen) atoms. The smallest absolute Gasteiger partial charge is 0.223 e. The van der Waals surface area contributed by atoms with Crippen molar-refractivity contribution in [1.82, 2.24) is 4.90 Å². The number of amides is 1. The van der Waals surface area contributed by atoms with E-state index < -0.39 is 0 Å². The van der Waals surface area contributed by atoms with Crippen molar-refractivity contribution in [2.45, 2.75) is 39.2 Å². The molecule has 0 spiro atoms. The van der Waals surface area contributed by atoms with Gasteiger partial charge in [-0.25, -0.2) is 0 Å². The molecule has 0 saturated carbocycles. The third kappa shape index (κ3) is 4.26. The van der Waals surface area contributed by atoms with Gasteiger partial charge in [0.15, 0.2) is 0 Å². The molecule has 0 unspecified atom stereocenters. The zero-order valence-corrected chi connectivity index (χ0v) is 9.55. The molecule has 0 rings (SSSR count). The molecule has 0 aromatic carbocycles. The first-order chi connectivity index (χ1) is 6.43. The standard InChI is InChI=1S/C12H21NO/c1-6-8-9-11(14)13(10-7-2)12(3,4)5/h6-7H,1-2,8-10H2,3-5H3. The Hall–Kier alpha value is -1.05. The Morgan fingerprint density at radius 1 is 1.29 bits per heavy atom. The molecule has 0 saturated heterocycles. The number of hydrogen-bond donors (Lipinski definition) is 0. The Morgan fingerprint density at radius 3 is 2.21 bits per heavy atom. The molecule has 0 atom stereocenters. The summed E-state index contributed by atoms with van der Waals surface area (Å²) in [5, 5.41) is 0. The Labute approximate surface area is 87.3 Å². The number of carbonyl (C=O) groups excluding carboxylic acids is 1. The molecule has 0 aliphatic heterocycles. The molecule has 0 aromatic rings. The van der Waals surface area contributed by atoms with Crippen LogP contribution in [-0.2, 0) is 4.79 Å². The largest absolute Gasteiger partial charge is 0.334 e. The van der Waals surface area contributed by atoms with E-state index in [0.29, 0.717) is 13.0 Å². The van der Waals surface area contributed by atoms with Crippen molar-refractivity contribution in [3.05, 3.63) is 25.3 Å². The second kappa shape index (κ2) is 5.63. The van der Waals surface area contributed by atoms with E-state index in [1.54, 1.807) is 12.2 Å². The quantitative estimate of drug-likeness (QED) is 0.618. The highest BCUT2D eigenvalue weighted by Crippen LogP contribution is 2.15. The van der Waals surface area contributed by atoms with E-state index in [1.165, 1.54) is 0 Å². The third-order valence-electron chi connectivity index (χ3n) is 1.98. The molecule has 0 N–H and O–H groups in total. The summed E-state index contributed by atoms with van der Waals surface area (Å²) in [7, 11) is 0. The van der Waals surface area contributed by atoms with Crippen molar-refractivity contribution in [3.8, 4) is 0 Å². The van der Waals surface area contributed by atoms with Gasteiger partial charge < -0.3 is 4.90 Å². The van der Waals surface area contributed by atoms with Gasteiger partial charge in [0.25, 0.3) is 0 Å². The van der Waals surface area contributed by atoms with Crippen LogP contribution in [0.1, 0.15) is 33.6 Å². The fourth-order valence-corrected chi connectivity index (χ4v) is 1.24. The van der Waals surface area contributed by atoms with Crippen LogP contribution in [0.2, 0.25) is 0 Å². The van der Waals surface area contributed by atoms with Gasteiger partial charge in [-0.1, -0.05) is 12.2 Å². The zero-order valence-electron chi connectivity index (χ0n) is 9.55. The van der Waals surface area contributed by atoms with E-state index >= 15 is 0 Å². The molecule has 0 bridgehead atoms. The molecule has 2 nitrogen and oxygen atoms in total. The minimum Gasteiger partial charge on any atom is -0.334 e. The maximum atomic E-state index is 11.8. The summed E-state index contributed by atoms with van der Waals surface area (Å²) in [6.45, 7) is 14.0. The highest BCUT2D eigenvalue weighted by atomic mass is 16.2. The van der Waals surface area contributed by atoms with E-state index in [4.69, 9.17) is 0 Å². The molecule has 1 amide bonds. The summed E-state index contributed by atoms with van der Waals surface area (Å²) >= 11 is 0. The predicted octanol–water partition coefficient (Wildman–Crippen LogP) is 2.77. The second-order valence-corrected chi connectivity index (χ2v) is 4.29. The number of carbonyl (C=O) groups is 1. The van der Waals surface area contributed by atoms with E-state index in [9.17, 15) is 4.79 Å². The highest BCUT2D eigenvalue weighted by molar-refractivity contribution is 5.77. The van der Waals surface area contributed by atoms with Crippen LogP contribution >= 0.6 is 0 Å². The van der Waals surface area contributed by atoms with Crippen LogP contribution in [0.5, 0.6) is 0 Å². The molecule has 0 aliphatic carbocycles. The molecule has 0 fully saturated rings. The SMILES string of the molecule is C=CCCC(=O)N(CC=C)C(C)(C)C. The molecule has 2 heteroatoms. The lowest BCUT2D eigenvalue weighted by Gasteiger charge is -2.35.